The highest BCUT2D eigenvalue weighted by Gasteiger charge is 2.14. The summed E-state index contributed by atoms with van der Waals surface area (Å²) in [5.41, 5.74) is 2.42. The fraction of sp³-hybridized carbons (Fsp3) is 0.769. The third kappa shape index (κ3) is 14.9. The molecule has 198 valence electrons. The van der Waals surface area contributed by atoms with Gasteiger partial charge in [0.2, 0.25) is 0 Å². The van der Waals surface area contributed by atoms with Crippen molar-refractivity contribution in [3.8, 4) is 5.75 Å². The SMILES string of the molecule is COCCOCCOCCOCCOCCOCCOCOc1c(C(C)C)cccc1C(C)C. The molecule has 0 N–H and O–H groups in total. The van der Waals surface area contributed by atoms with Gasteiger partial charge in [-0.1, -0.05) is 45.9 Å². The zero-order valence-corrected chi connectivity index (χ0v) is 21.8. The van der Waals surface area contributed by atoms with Crippen molar-refractivity contribution in [2.75, 3.05) is 93.2 Å². The molecule has 1 rings (SSSR count). The molecule has 0 heterocycles. The molecule has 0 amide bonds. The maximum atomic E-state index is 5.99. The van der Waals surface area contributed by atoms with E-state index in [0.29, 0.717) is 91.1 Å². The minimum Gasteiger partial charge on any atom is -0.467 e. The quantitative estimate of drug-likeness (QED) is 0.170. The molecule has 0 atom stereocenters. The van der Waals surface area contributed by atoms with Gasteiger partial charge in [0, 0.05) is 7.11 Å². The first-order valence-corrected chi connectivity index (χ1v) is 12.3. The molecule has 0 unspecified atom stereocenters. The van der Waals surface area contributed by atoms with Crippen molar-refractivity contribution in [2.45, 2.75) is 39.5 Å². The summed E-state index contributed by atoms with van der Waals surface area (Å²) in [5, 5.41) is 0. The van der Waals surface area contributed by atoms with E-state index in [1.807, 2.05) is 0 Å². The molecular weight excluding hydrogens is 440 g/mol. The van der Waals surface area contributed by atoms with Gasteiger partial charge in [0.25, 0.3) is 0 Å². The first kappa shape index (κ1) is 30.8. The smallest absolute Gasteiger partial charge is 0.189 e. The Bertz CT molecular complexity index is 568. The molecule has 0 fully saturated rings. The number of benzene rings is 1. The van der Waals surface area contributed by atoms with Gasteiger partial charge in [-0.25, -0.2) is 0 Å². The minimum absolute atomic E-state index is 0.213. The average molecular weight is 487 g/mol. The second-order valence-electron chi connectivity index (χ2n) is 8.30. The lowest BCUT2D eigenvalue weighted by atomic mass is 9.94. The Labute approximate surface area is 206 Å². The molecule has 0 radical (unpaired) electrons. The van der Waals surface area contributed by atoms with E-state index in [-0.39, 0.29) is 6.79 Å². The van der Waals surface area contributed by atoms with E-state index < -0.39 is 0 Å². The van der Waals surface area contributed by atoms with Crippen LogP contribution in [0.5, 0.6) is 5.75 Å². The van der Waals surface area contributed by atoms with Crippen molar-refractivity contribution in [1.82, 2.24) is 0 Å². The summed E-state index contributed by atoms with van der Waals surface area (Å²) in [6, 6.07) is 6.34. The minimum atomic E-state index is 0.213. The summed E-state index contributed by atoms with van der Waals surface area (Å²) in [7, 11) is 1.65. The van der Waals surface area contributed by atoms with E-state index in [9.17, 15) is 0 Å². The maximum Gasteiger partial charge on any atom is 0.189 e. The standard InChI is InChI=1S/C26H46O8/c1-22(2)24-7-6-8-25(23(3)4)26(24)34-21-33-20-19-32-18-17-31-16-15-30-14-13-29-12-11-28-10-9-27-5/h6-8,22-23H,9-21H2,1-5H3. The van der Waals surface area contributed by atoms with E-state index in [1.54, 1.807) is 7.11 Å². The predicted molar refractivity (Wildman–Crippen MR) is 132 cm³/mol. The first-order valence-electron chi connectivity index (χ1n) is 12.3. The fourth-order valence-corrected chi connectivity index (χ4v) is 3.05. The molecule has 0 bridgehead atoms. The molecule has 8 nitrogen and oxygen atoms in total. The van der Waals surface area contributed by atoms with Crippen molar-refractivity contribution < 1.29 is 37.9 Å². The lowest BCUT2D eigenvalue weighted by Crippen LogP contribution is -2.15. The predicted octanol–water partition coefficient (Wildman–Crippen LogP) is 4.02. The summed E-state index contributed by atoms with van der Waals surface area (Å²) in [6.45, 7) is 15.4. The van der Waals surface area contributed by atoms with Crippen LogP contribution >= 0.6 is 0 Å². The van der Waals surface area contributed by atoms with Gasteiger partial charge in [0.15, 0.2) is 6.79 Å². The fourth-order valence-electron chi connectivity index (χ4n) is 3.05. The number of rotatable bonds is 23. The van der Waals surface area contributed by atoms with Gasteiger partial charge in [-0.15, -0.1) is 0 Å². The number of hydrogen-bond acceptors (Lipinski definition) is 8. The van der Waals surface area contributed by atoms with Crippen LogP contribution in [-0.2, 0) is 33.2 Å². The van der Waals surface area contributed by atoms with Gasteiger partial charge in [0.05, 0.1) is 79.3 Å². The zero-order valence-electron chi connectivity index (χ0n) is 21.8. The Morgan fingerprint density at radius 3 is 1.24 bits per heavy atom. The largest absolute Gasteiger partial charge is 0.467 e. The van der Waals surface area contributed by atoms with Gasteiger partial charge < -0.3 is 37.9 Å². The molecule has 8 heteroatoms. The van der Waals surface area contributed by atoms with E-state index in [1.165, 1.54) is 11.1 Å². The summed E-state index contributed by atoms with van der Waals surface area (Å²) < 4.78 is 43.6. The Morgan fingerprint density at radius 1 is 0.529 bits per heavy atom. The number of hydrogen-bond donors (Lipinski definition) is 0. The number of ether oxygens (including phenoxy) is 8. The molecule has 0 aliphatic rings. The van der Waals surface area contributed by atoms with E-state index in [2.05, 4.69) is 45.9 Å². The Hall–Kier alpha value is -1.26. The van der Waals surface area contributed by atoms with E-state index in [4.69, 9.17) is 37.9 Å². The van der Waals surface area contributed by atoms with Gasteiger partial charge in [0.1, 0.15) is 5.75 Å². The highest BCUT2D eigenvalue weighted by molar-refractivity contribution is 5.44. The van der Waals surface area contributed by atoms with Crippen LogP contribution in [0.4, 0.5) is 0 Å². The van der Waals surface area contributed by atoms with Gasteiger partial charge >= 0.3 is 0 Å². The Morgan fingerprint density at radius 2 is 0.882 bits per heavy atom. The third-order valence-electron chi connectivity index (χ3n) is 4.90. The lowest BCUT2D eigenvalue weighted by molar-refractivity contribution is -0.0345. The Kier molecular flexibility index (Phi) is 19.1. The van der Waals surface area contributed by atoms with Crippen LogP contribution in [0.3, 0.4) is 0 Å². The highest BCUT2D eigenvalue weighted by atomic mass is 16.7. The van der Waals surface area contributed by atoms with Crippen molar-refractivity contribution in [2.24, 2.45) is 0 Å². The van der Waals surface area contributed by atoms with E-state index in [0.717, 1.165) is 5.75 Å². The van der Waals surface area contributed by atoms with Crippen LogP contribution in [0.15, 0.2) is 18.2 Å². The third-order valence-corrected chi connectivity index (χ3v) is 4.90. The van der Waals surface area contributed by atoms with Crippen molar-refractivity contribution >= 4 is 0 Å². The van der Waals surface area contributed by atoms with Crippen LogP contribution in [0.1, 0.15) is 50.7 Å². The summed E-state index contributed by atoms with van der Waals surface area (Å²) >= 11 is 0. The first-order chi connectivity index (χ1) is 16.6. The maximum absolute atomic E-state index is 5.99. The molecule has 1 aromatic rings. The zero-order chi connectivity index (χ0) is 24.9. The Balaban J connectivity index is 1.92. The van der Waals surface area contributed by atoms with Crippen molar-refractivity contribution in [3.05, 3.63) is 29.3 Å². The van der Waals surface area contributed by atoms with Crippen LogP contribution in [0, 0.1) is 0 Å². The topological polar surface area (TPSA) is 73.8 Å². The molecule has 0 aliphatic heterocycles. The summed E-state index contributed by atoms with van der Waals surface area (Å²) in [5.74, 6) is 1.74. The molecule has 0 aromatic heterocycles. The summed E-state index contributed by atoms with van der Waals surface area (Å²) in [6.07, 6.45) is 0. The summed E-state index contributed by atoms with van der Waals surface area (Å²) in [4.78, 5) is 0. The van der Waals surface area contributed by atoms with Crippen molar-refractivity contribution in [3.63, 3.8) is 0 Å². The molecule has 0 spiro atoms. The van der Waals surface area contributed by atoms with Crippen LogP contribution in [0.25, 0.3) is 0 Å². The monoisotopic (exact) mass is 486 g/mol. The number of para-hydroxylation sites is 1. The van der Waals surface area contributed by atoms with Crippen LogP contribution < -0.4 is 4.74 Å². The van der Waals surface area contributed by atoms with Crippen molar-refractivity contribution in [1.29, 1.82) is 0 Å². The molecule has 0 saturated heterocycles. The molecule has 34 heavy (non-hydrogen) atoms. The normalized spacial score (nSPS) is 11.6. The lowest BCUT2D eigenvalue weighted by Gasteiger charge is -2.19. The molecule has 0 saturated carbocycles. The van der Waals surface area contributed by atoms with Crippen LogP contribution in [-0.4, -0.2) is 93.2 Å². The number of methoxy groups -OCH3 is 1. The van der Waals surface area contributed by atoms with Gasteiger partial charge in [-0.2, -0.15) is 0 Å². The average Bonchev–Trinajstić information content (AvgIpc) is 2.82. The van der Waals surface area contributed by atoms with E-state index >= 15 is 0 Å². The molecular formula is C26H46O8. The van der Waals surface area contributed by atoms with Crippen LogP contribution in [0.2, 0.25) is 0 Å². The molecule has 0 aliphatic carbocycles. The molecule has 1 aromatic carbocycles. The second-order valence-corrected chi connectivity index (χ2v) is 8.30. The van der Waals surface area contributed by atoms with Gasteiger partial charge in [-0.05, 0) is 23.0 Å². The second kappa shape index (κ2) is 21.1. The highest BCUT2D eigenvalue weighted by Crippen LogP contribution is 2.34. The van der Waals surface area contributed by atoms with Gasteiger partial charge in [-0.3, -0.25) is 0 Å².